The number of amides is 1. The second-order valence-corrected chi connectivity index (χ2v) is 5.72. The van der Waals surface area contributed by atoms with Gasteiger partial charge in [0, 0.05) is 23.1 Å². The summed E-state index contributed by atoms with van der Waals surface area (Å²) in [5.41, 5.74) is 0.776. The van der Waals surface area contributed by atoms with E-state index in [0.29, 0.717) is 0 Å². The predicted molar refractivity (Wildman–Crippen MR) is 84.5 cm³/mol. The molecular formula is C16H24BrNO. The number of carbonyl (C=O) groups is 1. The Kier molecular flexibility index (Phi) is 7.80. The van der Waals surface area contributed by atoms with Crippen molar-refractivity contribution in [3.8, 4) is 0 Å². The number of hydrogen-bond donors (Lipinski definition) is 0. The van der Waals surface area contributed by atoms with Crippen LogP contribution in [-0.2, 0) is 0 Å². The topological polar surface area (TPSA) is 20.3 Å². The number of halogens is 1. The fourth-order valence-corrected chi connectivity index (χ4v) is 2.35. The molecule has 2 nitrogen and oxygen atoms in total. The molecule has 0 spiro atoms. The van der Waals surface area contributed by atoms with Gasteiger partial charge in [0.2, 0.25) is 0 Å². The quantitative estimate of drug-likeness (QED) is 0.623. The lowest BCUT2D eigenvalue weighted by Gasteiger charge is -2.21. The summed E-state index contributed by atoms with van der Waals surface area (Å²) in [5, 5.41) is 0. The van der Waals surface area contributed by atoms with Gasteiger partial charge in [0.05, 0.1) is 0 Å². The fraction of sp³-hybridized carbons (Fsp3) is 0.562. The maximum atomic E-state index is 12.3. The highest BCUT2D eigenvalue weighted by atomic mass is 79.9. The number of unbranched alkanes of at least 4 members (excludes halogenated alkanes) is 4. The van der Waals surface area contributed by atoms with Crippen LogP contribution in [0.3, 0.4) is 0 Å². The Bertz CT molecular complexity index is 375. The molecule has 0 atom stereocenters. The first-order chi connectivity index (χ1) is 9.19. The van der Waals surface area contributed by atoms with Crippen LogP contribution in [0.4, 0.5) is 0 Å². The van der Waals surface area contributed by atoms with Crippen LogP contribution in [0.1, 0.15) is 56.3 Å². The van der Waals surface area contributed by atoms with Gasteiger partial charge in [-0.15, -0.1) is 0 Å². The Morgan fingerprint density at radius 2 is 1.68 bits per heavy atom. The molecule has 0 bridgehead atoms. The zero-order valence-electron chi connectivity index (χ0n) is 12.0. The van der Waals surface area contributed by atoms with Crippen molar-refractivity contribution in [1.82, 2.24) is 4.90 Å². The maximum Gasteiger partial charge on any atom is 0.253 e. The van der Waals surface area contributed by atoms with Crippen LogP contribution < -0.4 is 0 Å². The number of rotatable bonds is 8. The van der Waals surface area contributed by atoms with Crippen molar-refractivity contribution in [3.05, 3.63) is 34.3 Å². The summed E-state index contributed by atoms with van der Waals surface area (Å²) < 4.78 is 1.01. The van der Waals surface area contributed by atoms with Crippen molar-refractivity contribution in [2.75, 3.05) is 13.1 Å². The summed E-state index contributed by atoms with van der Waals surface area (Å²) >= 11 is 3.39. The van der Waals surface area contributed by atoms with E-state index in [1.165, 1.54) is 25.7 Å². The van der Waals surface area contributed by atoms with E-state index in [-0.39, 0.29) is 5.91 Å². The molecule has 0 aliphatic heterocycles. The van der Waals surface area contributed by atoms with Gasteiger partial charge in [0.15, 0.2) is 0 Å². The van der Waals surface area contributed by atoms with Crippen LogP contribution in [-0.4, -0.2) is 23.9 Å². The molecule has 106 valence electrons. The molecule has 0 aliphatic carbocycles. The van der Waals surface area contributed by atoms with Crippen LogP contribution >= 0.6 is 15.9 Å². The number of hydrogen-bond acceptors (Lipinski definition) is 1. The van der Waals surface area contributed by atoms with Crippen LogP contribution in [0.5, 0.6) is 0 Å². The molecule has 0 aromatic heterocycles. The minimum atomic E-state index is 0.144. The Balaban J connectivity index is 2.45. The maximum absolute atomic E-state index is 12.3. The van der Waals surface area contributed by atoms with Crippen LogP contribution in [0.2, 0.25) is 0 Å². The van der Waals surface area contributed by atoms with E-state index < -0.39 is 0 Å². The third kappa shape index (κ3) is 5.77. The lowest BCUT2D eigenvalue weighted by Crippen LogP contribution is -2.31. The van der Waals surface area contributed by atoms with Gasteiger partial charge < -0.3 is 4.90 Å². The molecule has 0 heterocycles. The highest BCUT2D eigenvalue weighted by Gasteiger charge is 2.13. The van der Waals surface area contributed by atoms with E-state index in [1.54, 1.807) is 0 Å². The predicted octanol–water partition coefficient (Wildman–Crippen LogP) is 4.88. The Hall–Kier alpha value is -0.830. The van der Waals surface area contributed by atoms with Crippen LogP contribution in [0.25, 0.3) is 0 Å². The third-order valence-electron chi connectivity index (χ3n) is 3.29. The molecule has 0 saturated heterocycles. The molecule has 1 amide bonds. The van der Waals surface area contributed by atoms with Gasteiger partial charge in [0.1, 0.15) is 0 Å². The van der Waals surface area contributed by atoms with Crippen molar-refractivity contribution in [2.24, 2.45) is 0 Å². The summed E-state index contributed by atoms with van der Waals surface area (Å²) in [4.78, 5) is 14.3. The second-order valence-electron chi connectivity index (χ2n) is 4.81. The first-order valence-electron chi connectivity index (χ1n) is 7.23. The van der Waals surface area contributed by atoms with Gasteiger partial charge in [-0.25, -0.2) is 0 Å². The number of carbonyl (C=O) groups excluding carboxylic acids is 1. The molecule has 19 heavy (non-hydrogen) atoms. The van der Waals surface area contributed by atoms with E-state index in [2.05, 4.69) is 22.9 Å². The third-order valence-corrected chi connectivity index (χ3v) is 3.82. The van der Waals surface area contributed by atoms with Crippen molar-refractivity contribution in [1.29, 1.82) is 0 Å². The highest BCUT2D eigenvalue weighted by molar-refractivity contribution is 9.10. The smallest absolute Gasteiger partial charge is 0.253 e. The van der Waals surface area contributed by atoms with E-state index >= 15 is 0 Å². The zero-order chi connectivity index (χ0) is 14.1. The average molecular weight is 326 g/mol. The summed E-state index contributed by atoms with van der Waals surface area (Å²) in [7, 11) is 0. The van der Waals surface area contributed by atoms with Crippen molar-refractivity contribution >= 4 is 21.8 Å². The highest BCUT2D eigenvalue weighted by Crippen LogP contribution is 2.13. The molecule has 0 saturated carbocycles. The van der Waals surface area contributed by atoms with Crippen molar-refractivity contribution in [2.45, 2.75) is 46.0 Å². The zero-order valence-corrected chi connectivity index (χ0v) is 13.6. The minimum absolute atomic E-state index is 0.144. The number of benzene rings is 1. The van der Waals surface area contributed by atoms with Gasteiger partial charge in [0.25, 0.3) is 5.91 Å². The lowest BCUT2D eigenvalue weighted by atomic mass is 10.1. The fourth-order valence-electron chi connectivity index (χ4n) is 2.08. The monoisotopic (exact) mass is 325 g/mol. The second kappa shape index (κ2) is 9.13. The van der Waals surface area contributed by atoms with Gasteiger partial charge >= 0.3 is 0 Å². The van der Waals surface area contributed by atoms with Gasteiger partial charge in [-0.05, 0) is 37.6 Å². The Morgan fingerprint density at radius 3 is 2.26 bits per heavy atom. The summed E-state index contributed by atoms with van der Waals surface area (Å²) in [6.45, 7) is 5.91. The first-order valence-corrected chi connectivity index (χ1v) is 8.03. The average Bonchev–Trinajstić information content (AvgIpc) is 2.43. The first kappa shape index (κ1) is 16.2. The molecule has 1 aromatic rings. The van der Waals surface area contributed by atoms with E-state index in [4.69, 9.17) is 0 Å². The largest absolute Gasteiger partial charge is 0.339 e. The standard InChI is InChI=1S/C16H24BrNO/c1-3-5-6-7-8-13-18(4-2)16(19)14-9-11-15(17)12-10-14/h9-12H,3-8,13H2,1-2H3. The Labute approximate surface area is 125 Å². The Morgan fingerprint density at radius 1 is 1.05 bits per heavy atom. The molecule has 0 radical (unpaired) electrons. The molecule has 0 aliphatic rings. The molecule has 0 unspecified atom stereocenters. The van der Waals surface area contributed by atoms with Crippen LogP contribution in [0, 0.1) is 0 Å². The normalized spacial score (nSPS) is 10.5. The van der Waals surface area contributed by atoms with Crippen LogP contribution in [0.15, 0.2) is 28.7 Å². The molecule has 0 N–H and O–H groups in total. The number of nitrogens with zero attached hydrogens (tertiary/aromatic N) is 1. The summed E-state index contributed by atoms with van der Waals surface area (Å²) in [6.07, 6.45) is 6.16. The summed E-state index contributed by atoms with van der Waals surface area (Å²) in [5.74, 6) is 0.144. The summed E-state index contributed by atoms with van der Waals surface area (Å²) in [6, 6.07) is 7.60. The van der Waals surface area contributed by atoms with Gasteiger partial charge in [-0.1, -0.05) is 48.5 Å². The lowest BCUT2D eigenvalue weighted by molar-refractivity contribution is 0.0761. The van der Waals surface area contributed by atoms with Crippen molar-refractivity contribution < 1.29 is 4.79 Å². The molecule has 1 rings (SSSR count). The SMILES string of the molecule is CCCCCCCN(CC)C(=O)c1ccc(Br)cc1. The van der Waals surface area contributed by atoms with E-state index in [9.17, 15) is 4.79 Å². The molecule has 0 fully saturated rings. The molecule has 3 heteroatoms. The van der Waals surface area contributed by atoms with E-state index in [1.807, 2.05) is 36.1 Å². The van der Waals surface area contributed by atoms with Gasteiger partial charge in [-0.2, -0.15) is 0 Å². The molecular weight excluding hydrogens is 302 g/mol. The van der Waals surface area contributed by atoms with Crippen molar-refractivity contribution in [3.63, 3.8) is 0 Å². The molecule has 1 aromatic carbocycles. The minimum Gasteiger partial charge on any atom is -0.339 e. The van der Waals surface area contributed by atoms with Gasteiger partial charge in [-0.3, -0.25) is 4.79 Å². The van der Waals surface area contributed by atoms with E-state index in [0.717, 1.165) is 29.5 Å².